The molecule has 1 atom stereocenters. The minimum Gasteiger partial charge on any atom is -0.350 e. The van der Waals surface area contributed by atoms with Crippen molar-refractivity contribution in [3.63, 3.8) is 0 Å². The largest absolute Gasteiger partial charge is 0.350 e. The van der Waals surface area contributed by atoms with E-state index in [1.807, 2.05) is 48.3 Å². The van der Waals surface area contributed by atoms with Gasteiger partial charge in [-0.3, -0.25) is 14.2 Å². The number of benzene rings is 1. The molecule has 124 valence electrons. The first kappa shape index (κ1) is 16.0. The van der Waals surface area contributed by atoms with Crippen LogP contribution < -0.4 is 5.32 Å². The van der Waals surface area contributed by atoms with E-state index in [4.69, 9.17) is 0 Å². The summed E-state index contributed by atoms with van der Waals surface area (Å²) in [5.74, 6) is -0.0305. The summed E-state index contributed by atoms with van der Waals surface area (Å²) in [5.41, 5.74) is 2.18. The molecule has 1 amide bonds. The zero-order chi connectivity index (χ0) is 16.8. The van der Waals surface area contributed by atoms with Gasteiger partial charge in [0.05, 0.1) is 12.7 Å². The van der Waals surface area contributed by atoms with E-state index in [2.05, 4.69) is 27.6 Å². The molecule has 0 aliphatic heterocycles. The first-order valence-corrected chi connectivity index (χ1v) is 8.08. The van der Waals surface area contributed by atoms with E-state index in [-0.39, 0.29) is 11.9 Å². The fraction of sp³-hybridized carbons (Fsp3) is 0.278. The molecule has 0 aliphatic rings. The fourth-order valence-electron chi connectivity index (χ4n) is 2.62. The zero-order valence-electron chi connectivity index (χ0n) is 13.7. The standard InChI is InChI=1S/C18H21N5O/c1-2-17(23-10-6-9-20-23)18(24)19-11-16-12-21-22(14-16)13-15-7-4-3-5-8-15/h3-10,12,14,17H,2,11,13H2,1H3,(H,19,24)/t17-/m0/s1. The van der Waals surface area contributed by atoms with Crippen molar-refractivity contribution >= 4 is 5.91 Å². The first-order chi connectivity index (χ1) is 11.8. The van der Waals surface area contributed by atoms with E-state index in [0.717, 1.165) is 12.1 Å². The quantitative estimate of drug-likeness (QED) is 0.726. The van der Waals surface area contributed by atoms with Crippen LogP contribution in [0.2, 0.25) is 0 Å². The predicted octanol–water partition coefficient (Wildman–Crippen LogP) is 2.40. The van der Waals surface area contributed by atoms with Crippen LogP contribution >= 0.6 is 0 Å². The maximum Gasteiger partial charge on any atom is 0.245 e. The van der Waals surface area contributed by atoms with Gasteiger partial charge in [-0.15, -0.1) is 0 Å². The second-order valence-corrected chi connectivity index (χ2v) is 5.66. The van der Waals surface area contributed by atoms with Crippen molar-refractivity contribution in [2.24, 2.45) is 0 Å². The molecule has 0 spiro atoms. The van der Waals surface area contributed by atoms with E-state index in [0.29, 0.717) is 13.0 Å². The number of aromatic nitrogens is 4. The lowest BCUT2D eigenvalue weighted by Crippen LogP contribution is -2.32. The minimum atomic E-state index is -0.278. The van der Waals surface area contributed by atoms with Crippen molar-refractivity contribution in [2.75, 3.05) is 0 Å². The smallest absolute Gasteiger partial charge is 0.245 e. The lowest BCUT2D eigenvalue weighted by molar-refractivity contribution is -0.124. The fourth-order valence-corrected chi connectivity index (χ4v) is 2.62. The Morgan fingerprint density at radius 2 is 2.00 bits per heavy atom. The summed E-state index contributed by atoms with van der Waals surface area (Å²) in [6.07, 6.45) is 7.94. The predicted molar refractivity (Wildman–Crippen MR) is 91.2 cm³/mol. The topological polar surface area (TPSA) is 64.7 Å². The third-order valence-electron chi connectivity index (χ3n) is 3.87. The Balaban J connectivity index is 1.56. The van der Waals surface area contributed by atoms with E-state index in [1.165, 1.54) is 5.56 Å². The van der Waals surface area contributed by atoms with Crippen LogP contribution in [0.25, 0.3) is 0 Å². The summed E-state index contributed by atoms with van der Waals surface area (Å²) < 4.78 is 3.57. The molecule has 1 N–H and O–H groups in total. The number of rotatable bonds is 7. The van der Waals surface area contributed by atoms with Crippen molar-refractivity contribution in [3.8, 4) is 0 Å². The Hall–Kier alpha value is -2.89. The molecule has 6 nitrogen and oxygen atoms in total. The Bertz CT molecular complexity index is 764. The molecule has 1 aromatic carbocycles. The zero-order valence-corrected chi connectivity index (χ0v) is 13.7. The lowest BCUT2D eigenvalue weighted by atomic mass is 10.2. The number of hydrogen-bond donors (Lipinski definition) is 1. The molecule has 0 saturated carbocycles. The van der Waals surface area contributed by atoms with Crippen LogP contribution in [0.1, 0.15) is 30.5 Å². The SMILES string of the molecule is CC[C@@H](C(=O)NCc1cnn(Cc2ccccc2)c1)n1cccn1. The molecule has 0 fully saturated rings. The van der Waals surface area contributed by atoms with Crippen molar-refractivity contribution in [1.29, 1.82) is 0 Å². The number of hydrogen-bond acceptors (Lipinski definition) is 3. The lowest BCUT2D eigenvalue weighted by Gasteiger charge is -2.15. The molecule has 0 saturated heterocycles. The van der Waals surface area contributed by atoms with Gasteiger partial charge in [0.2, 0.25) is 5.91 Å². The molecule has 0 aliphatic carbocycles. The Kier molecular flexibility index (Phi) is 5.05. The normalized spacial score (nSPS) is 12.0. The number of amides is 1. The second-order valence-electron chi connectivity index (χ2n) is 5.66. The number of carbonyl (C=O) groups excluding carboxylic acids is 1. The van der Waals surface area contributed by atoms with Crippen molar-refractivity contribution < 1.29 is 4.79 Å². The molecule has 3 rings (SSSR count). The van der Waals surface area contributed by atoms with Crippen LogP contribution in [0.5, 0.6) is 0 Å². The minimum absolute atomic E-state index is 0.0305. The third-order valence-corrected chi connectivity index (χ3v) is 3.87. The summed E-state index contributed by atoms with van der Waals surface area (Å²) in [6.45, 7) is 3.16. The summed E-state index contributed by atoms with van der Waals surface area (Å²) in [5, 5.41) is 11.5. The summed E-state index contributed by atoms with van der Waals surface area (Å²) in [7, 11) is 0. The number of nitrogens with one attached hydrogen (secondary N) is 1. The number of carbonyl (C=O) groups is 1. The molecular weight excluding hydrogens is 302 g/mol. The van der Waals surface area contributed by atoms with Crippen LogP contribution in [-0.4, -0.2) is 25.5 Å². The molecular formula is C18H21N5O. The van der Waals surface area contributed by atoms with Crippen molar-refractivity contribution in [3.05, 3.63) is 72.3 Å². The van der Waals surface area contributed by atoms with Crippen LogP contribution in [0.15, 0.2) is 61.2 Å². The van der Waals surface area contributed by atoms with Crippen LogP contribution in [0, 0.1) is 0 Å². The van der Waals surface area contributed by atoms with E-state index < -0.39 is 0 Å². The average molecular weight is 323 g/mol. The molecule has 0 radical (unpaired) electrons. The van der Waals surface area contributed by atoms with Crippen molar-refractivity contribution in [2.45, 2.75) is 32.5 Å². The highest BCUT2D eigenvalue weighted by molar-refractivity contribution is 5.80. The molecule has 0 bridgehead atoms. The van der Waals surface area contributed by atoms with Gasteiger partial charge in [-0.05, 0) is 18.1 Å². The molecule has 3 aromatic rings. The third kappa shape index (κ3) is 3.90. The molecule has 2 aromatic heterocycles. The highest BCUT2D eigenvalue weighted by Gasteiger charge is 2.18. The Morgan fingerprint density at radius 1 is 1.17 bits per heavy atom. The van der Waals surface area contributed by atoms with E-state index in [9.17, 15) is 4.79 Å². The summed E-state index contributed by atoms with van der Waals surface area (Å²) in [6, 6.07) is 11.7. The number of nitrogens with zero attached hydrogens (tertiary/aromatic N) is 4. The van der Waals surface area contributed by atoms with Crippen LogP contribution in [0.3, 0.4) is 0 Å². The summed E-state index contributed by atoms with van der Waals surface area (Å²) in [4.78, 5) is 12.3. The van der Waals surface area contributed by atoms with Gasteiger partial charge in [0.1, 0.15) is 6.04 Å². The average Bonchev–Trinajstić information content (AvgIpc) is 3.27. The van der Waals surface area contributed by atoms with Gasteiger partial charge in [-0.1, -0.05) is 37.3 Å². The van der Waals surface area contributed by atoms with Gasteiger partial charge in [0.25, 0.3) is 0 Å². The van der Waals surface area contributed by atoms with Crippen LogP contribution in [0.4, 0.5) is 0 Å². The monoisotopic (exact) mass is 323 g/mol. The van der Waals surface area contributed by atoms with E-state index >= 15 is 0 Å². The highest BCUT2D eigenvalue weighted by Crippen LogP contribution is 2.10. The molecule has 0 unspecified atom stereocenters. The van der Waals surface area contributed by atoms with Crippen LogP contribution in [-0.2, 0) is 17.9 Å². The maximum absolute atomic E-state index is 12.3. The van der Waals surface area contributed by atoms with Gasteiger partial charge in [-0.2, -0.15) is 10.2 Å². The van der Waals surface area contributed by atoms with E-state index in [1.54, 1.807) is 17.1 Å². The van der Waals surface area contributed by atoms with Gasteiger partial charge >= 0.3 is 0 Å². The van der Waals surface area contributed by atoms with Gasteiger partial charge < -0.3 is 5.32 Å². The summed E-state index contributed by atoms with van der Waals surface area (Å²) >= 11 is 0. The van der Waals surface area contributed by atoms with Gasteiger partial charge in [-0.25, -0.2) is 0 Å². The second kappa shape index (κ2) is 7.59. The van der Waals surface area contributed by atoms with Crippen molar-refractivity contribution in [1.82, 2.24) is 24.9 Å². The highest BCUT2D eigenvalue weighted by atomic mass is 16.2. The molecule has 24 heavy (non-hydrogen) atoms. The maximum atomic E-state index is 12.3. The van der Waals surface area contributed by atoms with Gasteiger partial charge in [0.15, 0.2) is 0 Å². The van der Waals surface area contributed by atoms with Gasteiger partial charge in [0, 0.05) is 30.7 Å². The Labute approximate surface area is 141 Å². The Morgan fingerprint density at radius 3 is 2.71 bits per heavy atom. The first-order valence-electron chi connectivity index (χ1n) is 8.08. The molecule has 6 heteroatoms. The molecule has 2 heterocycles.